The fraction of sp³-hybridized carbons (Fsp3) is 0.333. The van der Waals surface area contributed by atoms with Crippen LogP contribution >= 0.6 is 0 Å². The molecule has 4 rings (SSSR count). The van der Waals surface area contributed by atoms with E-state index >= 15 is 0 Å². The highest BCUT2D eigenvalue weighted by molar-refractivity contribution is 6.04. The van der Waals surface area contributed by atoms with Crippen molar-refractivity contribution in [1.29, 1.82) is 0 Å². The van der Waals surface area contributed by atoms with E-state index in [1.165, 1.54) is 15.5 Å². The van der Waals surface area contributed by atoms with Crippen molar-refractivity contribution in [1.82, 2.24) is 4.90 Å². The van der Waals surface area contributed by atoms with Gasteiger partial charge in [0.25, 0.3) is 5.91 Å². The molecule has 0 aromatic heterocycles. The van der Waals surface area contributed by atoms with Crippen LogP contribution in [0.15, 0.2) is 60.7 Å². The maximum atomic E-state index is 12.8. The van der Waals surface area contributed by atoms with Crippen LogP contribution in [0.1, 0.15) is 12.0 Å². The molecule has 0 bridgehead atoms. The molecule has 0 saturated carbocycles. The second kappa shape index (κ2) is 7.30. The first-order valence-corrected chi connectivity index (χ1v) is 9.25. The highest BCUT2D eigenvalue weighted by atomic mass is 16.2. The third-order valence-electron chi connectivity index (χ3n) is 5.45. The Balaban J connectivity index is 1.38. The fourth-order valence-electron chi connectivity index (χ4n) is 3.97. The van der Waals surface area contributed by atoms with Crippen molar-refractivity contribution in [3.8, 4) is 0 Å². The van der Waals surface area contributed by atoms with E-state index in [0.29, 0.717) is 13.0 Å². The summed E-state index contributed by atoms with van der Waals surface area (Å²) in [5.41, 5.74) is 2.23. The van der Waals surface area contributed by atoms with E-state index in [0.717, 1.165) is 31.7 Å². The minimum Gasteiger partial charge on any atom is -0.360 e. The van der Waals surface area contributed by atoms with Gasteiger partial charge in [-0.25, -0.2) is 0 Å². The number of imide groups is 1. The summed E-state index contributed by atoms with van der Waals surface area (Å²) in [7, 11) is 0. The van der Waals surface area contributed by atoms with Crippen molar-refractivity contribution in [3.05, 3.63) is 66.2 Å². The number of benzene rings is 2. The monoisotopic (exact) mass is 350 g/mol. The lowest BCUT2D eigenvalue weighted by molar-refractivity contribution is -0.915. The summed E-state index contributed by atoms with van der Waals surface area (Å²) in [4.78, 5) is 30.3. The first-order valence-electron chi connectivity index (χ1n) is 9.25. The van der Waals surface area contributed by atoms with Crippen LogP contribution in [0.2, 0.25) is 0 Å². The number of piperazine rings is 1. The minimum atomic E-state index is -0.218. The predicted octanol–water partition coefficient (Wildman–Crippen LogP) is 0.719. The molecule has 2 saturated heterocycles. The molecule has 2 aliphatic rings. The van der Waals surface area contributed by atoms with Gasteiger partial charge in [0.1, 0.15) is 0 Å². The Hall–Kier alpha value is -2.66. The summed E-state index contributed by atoms with van der Waals surface area (Å²) in [6.45, 7) is 3.99. The largest absolute Gasteiger partial charge is 0.360 e. The van der Waals surface area contributed by atoms with Crippen molar-refractivity contribution in [3.63, 3.8) is 0 Å². The van der Waals surface area contributed by atoms with E-state index in [1.807, 2.05) is 36.4 Å². The number of hydrogen-bond acceptors (Lipinski definition) is 3. The smallest absolute Gasteiger partial charge is 0.288 e. The molecule has 0 spiro atoms. The second-order valence-electron chi connectivity index (χ2n) is 7.04. The van der Waals surface area contributed by atoms with E-state index in [4.69, 9.17) is 0 Å². The number of nitrogens with zero attached hydrogens (tertiary/aromatic N) is 2. The lowest BCUT2D eigenvalue weighted by Gasteiger charge is -2.35. The van der Waals surface area contributed by atoms with E-state index in [1.54, 1.807) is 0 Å². The number of amides is 2. The normalized spacial score (nSPS) is 21.5. The third-order valence-corrected chi connectivity index (χ3v) is 5.45. The van der Waals surface area contributed by atoms with Gasteiger partial charge >= 0.3 is 0 Å². The summed E-state index contributed by atoms with van der Waals surface area (Å²) >= 11 is 0. The van der Waals surface area contributed by atoms with Gasteiger partial charge in [-0.15, -0.1) is 0 Å². The average molecular weight is 350 g/mol. The summed E-state index contributed by atoms with van der Waals surface area (Å²) < 4.78 is 0. The van der Waals surface area contributed by atoms with Gasteiger partial charge in [-0.05, 0) is 17.7 Å². The van der Waals surface area contributed by atoms with Gasteiger partial charge in [0.15, 0.2) is 6.04 Å². The Morgan fingerprint density at radius 2 is 1.50 bits per heavy atom. The van der Waals surface area contributed by atoms with Crippen LogP contribution in [-0.2, 0) is 16.1 Å². The number of carbonyl (C=O) groups is 2. The number of hydrogen-bond donors (Lipinski definition) is 1. The lowest BCUT2D eigenvalue weighted by Crippen LogP contribution is -3.19. The van der Waals surface area contributed by atoms with Crippen LogP contribution < -0.4 is 9.80 Å². The fourth-order valence-corrected chi connectivity index (χ4v) is 3.97. The lowest BCUT2D eigenvalue weighted by atomic mass is 10.1. The molecule has 2 amide bonds. The summed E-state index contributed by atoms with van der Waals surface area (Å²) in [5, 5.41) is 0. The van der Waals surface area contributed by atoms with Crippen LogP contribution in [0, 0.1) is 0 Å². The molecular weight excluding hydrogens is 326 g/mol. The number of likely N-dealkylation sites (tertiary alicyclic amines) is 1. The van der Waals surface area contributed by atoms with Crippen molar-refractivity contribution >= 4 is 17.5 Å². The molecule has 2 aromatic rings. The number of rotatable bonds is 4. The van der Waals surface area contributed by atoms with Gasteiger partial charge in [0.2, 0.25) is 5.91 Å². The average Bonchev–Trinajstić information content (AvgIpc) is 2.98. The Morgan fingerprint density at radius 1 is 0.885 bits per heavy atom. The molecule has 134 valence electrons. The first kappa shape index (κ1) is 16.8. The van der Waals surface area contributed by atoms with Crippen LogP contribution in [0.4, 0.5) is 5.69 Å². The Labute approximate surface area is 153 Å². The van der Waals surface area contributed by atoms with Crippen molar-refractivity contribution < 1.29 is 14.5 Å². The molecule has 5 nitrogen and oxygen atoms in total. The summed E-state index contributed by atoms with van der Waals surface area (Å²) in [6, 6.07) is 19.9. The molecule has 1 atom stereocenters. The van der Waals surface area contributed by atoms with Crippen LogP contribution in [0.25, 0.3) is 0 Å². The molecule has 1 N–H and O–H groups in total. The van der Waals surface area contributed by atoms with Crippen LogP contribution in [-0.4, -0.2) is 48.9 Å². The van der Waals surface area contributed by atoms with E-state index < -0.39 is 0 Å². The molecule has 0 radical (unpaired) electrons. The molecular formula is C21H24N3O2+. The Kier molecular flexibility index (Phi) is 4.71. The SMILES string of the molecule is O=C1C[C@H]([NH+]2CCN(c3ccccc3)CC2)C(=O)N1Cc1ccccc1. The second-order valence-corrected chi connectivity index (χ2v) is 7.04. The highest BCUT2D eigenvalue weighted by Gasteiger charge is 2.45. The third kappa shape index (κ3) is 3.35. The molecule has 5 heteroatoms. The standard InChI is InChI=1S/C21H23N3O2/c25-20-15-19(21(26)24(20)16-17-7-3-1-4-8-17)23-13-11-22(12-14-23)18-9-5-2-6-10-18/h1-10,19H,11-16H2/p+1/t19-/m0/s1. The van der Waals surface area contributed by atoms with E-state index in [2.05, 4.69) is 29.2 Å². The summed E-state index contributed by atoms with van der Waals surface area (Å²) in [6.07, 6.45) is 0.340. The molecule has 26 heavy (non-hydrogen) atoms. The summed E-state index contributed by atoms with van der Waals surface area (Å²) in [5.74, 6) is -0.0520. The number of para-hydroxylation sites is 1. The van der Waals surface area contributed by atoms with E-state index in [9.17, 15) is 9.59 Å². The van der Waals surface area contributed by atoms with E-state index in [-0.39, 0.29) is 17.9 Å². The number of nitrogens with one attached hydrogen (secondary N) is 1. The van der Waals surface area contributed by atoms with Gasteiger partial charge in [-0.3, -0.25) is 14.5 Å². The van der Waals surface area contributed by atoms with Gasteiger partial charge in [0.05, 0.1) is 39.1 Å². The molecule has 2 fully saturated rings. The zero-order valence-corrected chi connectivity index (χ0v) is 14.8. The van der Waals surface area contributed by atoms with Gasteiger partial charge in [-0.2, -0.15) is 0 Å². The molecule has 2 aromatic carbocycles. The van der Waals surface area contributed by atoms with Gasteiger partial charge < -0.3 is 9.80 Å². The minimum absolute atomic E-state index is 0.0120. The van der Waals surface area contributed by atoms with Crippen molar-refractivity contribution in [2.75, 3.05) is 31.1 Å². The highest BCUT2D eigenvalue weighted by Crippen LogP contribution is 2.17. The predicted molar refractivity (Wildman–Crippen MR) is 99.8 cm³/mol. The molecule has 2 heterocycles. The number of carbonyl (C=O) groups excluding carboxylic acids is 2. The quantitative estimate of drug-likeness (QED) is 0.827. The maximum absolute atomic E-state index is 12.8. The van der Waals surface area contributed by atoms with Crippen LogP contribution in [0.3, 0.4) is 0 Å². The molecule has 2 aliphatic heterocycles. The zero-order chi connectivity index (χ0) is 17.9. The number of anilines is 1. The van der Waals surface area contributed by atoms with Gasteiger partial charge in [-0.1, -0.05) is 48.5 Å². The maximum Gasteiger partial charge on any atom is 0.288 e. The zero-order valence-electron chi connectivity index (χ0n) is 14.8. The first-order chi connectivity index (χ1) is 12.7. The van der Waals surface area contributed by atoms with Crippen LogP contribution in [0.5, 0.6) is 0 Å². The molecule has 0 aliphatic carbocycles. The van der Waals surface area contributed by atoms with Gasteiger partial charge in [0, 0.05) is 5.69 Å². The Bertz CT molecular complexity index is 770. The van der Waals surface area contributed by atoms with Crippen molar-refractivity contribution in [2.45, 2.75) is 19.0 Å². The van der Waals surface area contributed by atoms with Crippen molar-refractivity contribution in [2.24, 2.45) is 0 Å². The number of quaternary nitrogens is 1. The topological polar surface area (TPSA) is 45.1 Å². The molecule has 0 unspecified atom stereocenters. The Morgan fingerprint density at radius 3 is 2.15 bits per heavy atom.